The molecule has 0 bridgehead atoms. The normalized spacial score (nSPS) is 11.1. The molecule has 10 rings (SSSR count). The number of fused-ring (bicyclic) bond motifs is 1. The Kier molecular flexibility index (Phi) is 9.68. The fourth-order valence-electron chi connectivity index (χ4n) is 8.45. The first-order chi connectivity index (χ1) is 29.3. The third kappa shape index (κ3) is 7.12. The van der Waals surface area contributed by atoms with Crippen LogP contribution in [0.4, 0.5) is 17.1 Å². The van der Waals surface area contributed by atoms with Crippen molar-refractivity contribution in [2.45, 2.75) is 0 Å². The van der Waals surface area contributed by atoms with Gasteiger partial charge < -0.3 is 4.90 Å². The van der Waals surface area contributed by atoms with Crippen LogP contribution in [0.3, 0.4) is 0 Å². The van der Waals surface area contributed by atoms with Crippen molar-refractivity contribution in [3.05, 3.63) is 249 Å². The van der Waals surface area contributed by atoms with Crippen LogP contribution >= 0.6 is 0 Å². The molecule has 0 aliphatic heterocycles. The van der Waals surface area contributed by atoms with Gasteiger partial charge in [0, 0.05) is 17.1 Å². The van der Waals surface area contributed by atoms with Gasteiger partial charge in [0.25, 0.3) is 0 Å². The van der Waals surface area contributed by atoms with E-state index in [0.29, 0.717) is 0 Å². The van der Waals surface area contributed by atoms with Crippen molar-refractivity contribution in [1.29, 1.82) is 0 Å². The van der Waals surface area contributed by atoms with Crippen LogP contribution in [0.1, 0.15) is 0 Å². The number of nitrogens with zero attached hydrogens (tertiary/aromatic N) is 1. The summed E-state index contributed by atoms with van der Waals surface area (Å²) in [5.74, 6) is 0. The van der Waals surface area contributed by atoms with Crippen LogP contribution in [0.25, 0.3) is 77.5 Å². The quantitative estimate of drug-likeness (QED) is 0.142. The second kappa shape index (κ2) is 16.0. The zero-order chi connectivity index (χ0) is 39.4. The summed E-state index contributed by atoms with van der Waals surface area (Å²) in [7, 11) is 0. The molecule has 1 heteroatoms. The van der Waals surface area contributed by atoms with Crippen molar-refractivity contribution in [2.24, 2.45) is 0 Å². The van der Waals surface area contributed by atoms with E-state index in [4.69, 9.17) is 0 Å². The Morgan fingerprint density at radius 3 is 1.12 bits per heavy atom. The predicted molar refractivity (Wildman–Crippen MR) is 251 cm³/mol. The first-order valence-electron chi connectivity index (χ1n) is 20.3. The van der Waals surface area contributed by atoms with Crippen molar-refractivity contribution >= 4 is 27.8 Å². The molecule has 0 N–H and O–H groups in total. The van der Waals surface area contributed by atoms with E-state index in [1.165, 1.54) is 72.0 Å². The molecule has 0 aliphatic carbocycles. The van der Waals surface area contributed by atoms with Gasteiger partial charge >= 0.3 is 0 Å². The minimum atomic E-state index is 1.09. The van der Waals surface area contributed by atoms with Gasteiger partial charge in [-0.15, -0.1) is 0 Å². The number of anilines is 3. The lowest BCUT2D eigenvalue weighted by atomic mass is 9.84. The molecule has 1 nitrogen and oxygen atoms in total. The van der Waals surface area contributed by atoms with Gasteiger partial charge in [-0.05, 0) is 114 Å². The van der Waals surface area contributed by atoms with E-state index in [0.717, 1.165) is 22.6 Å². The van der Waals surface area contributed by atoms with Crippen LogP contribution in [0.2, 0.25) is 0 Å². The van der Waals surface area contributed by atoms with Crippen LogP contribution < -0.4 is 4.90 Å². The second-order valence-corrected chi connectivity index (χ2v) is 14.9. The van der Waals surface area contributed by atoms with Gasteiger partial charge in [-0.1, -0.05) is 212 Å². The molecule has 0 saturated heterocycles. The third-order valence-electron chi connectivity index (χ3n) is 11.3. The van der Waals surface area contributed by atoms with Gasteiger partial charge in [-0.3, -0.25) is 0 Å². The third-order valence-corrected chi connectivity index (χ3v) is 11.3. The van der Waals surface area contributed by atoms with E-state index >= 15 is 0 Å². The monoisotopic (exact) mass is 751 g/mol. The molecule has 0 fully saturated rings. The molecular formula is C58H41N. The fraction of sp³-hybridized carbons (Fsp3) is 0. The number of hydrogen-bond donors (Lipinski definition) is 0. The van der Waals surface area contributed by atoms with Crippen LogP contribution in [-0.4, -0.2) is 0 Å². The summed E-state index contributed by atoms with van der Waals surface area (Å²) in [5.41, 5.74) is 17.7. The minimum Gasteiger partial charge on any atom is -0.311 e. The largest absolute Gasteiger partial charge is 0.311 e. The highest BCUT2D eigenvalue weighted by Crippen LogP contribution is 2.45. The summed E-state index contributed by atoms with van der Waals surface area (Å²) in [6.45, 7) is 0. The molecule has 0 radical (unpaired) electrons. The molecule has 0 heterocycles. The van der Waals surface area contributed by atoms with Crippen molar-refractivity contribution < 1.29 is 0 Å². The maximum atomic E-state index is 2.36. The summed E-state index contributed by atoms with van der Waals surface area (Å²) in [6.07, 6.45) is 0. The smallest absolute Gasteiger partial charge is 0.0462 e. The molecule has 0 amide bonds. The van der Waals surface area contributed by atoms with E-state index in [-0.39, 0.29) is 0 Å². The Labute approximate surface area is 346 Å². The molecule has 0 aliphatic rings. The highest BCUT2D eigenvalue weighted by Gasteiger charge is 2.19. The Bertz CT molecular complexity index is 2980. The molecule has 59 heavy (non-hydrogen) atoms. The lowest BCUT2D eigenvalue weighted by molar-refractivity contribution is 1.28. The average molecular weight is 752 g/mol. The van der Waals surface area contributed by atoms with E-state index in [1.54, 1.807) is 0 Å². The summed E-state index contributed by atoms with van der Waals surface area (Å²) in [4.78, 5) is 2.36. The molecule has 0 spiro atoms. The molecule has 0 aromatic heterocycles. The molecule has 0 saturated carbocycles. The first kappa shape index (κ1) is 35.7. The van der Waals surface area contributed by atoms with Gasteiger partial charge in [0.1, 0.15) is 0 Å². The molecule has 10 aromatic rings. The maximum Gasteiger partial charge on any atom is 0.0462 e. The van der Waals surface area contributed by atoms with Crippen molar-refractivity contribution in [2.75, 3.05) is 4.90 Å². The Balaban J connectivity index is 1.09. The maximum absolute atomic E-state index is 2.36. The van der Waals surface area contributed by atoms with Crippen LogP contribution in [0.5, 0.6) is 0 Å². The van der Waals surface area contributed by atoms with Crippen LogP contribution in [-0.2, 0) is 0 Å². The SMILES string of the molecule is c1ccc(-c2ccc(N(c3ccc(-c4cccc(-c5ccccc5)c4-c4ccccc4-c4ccccc4)cc3)c3ccc(-c4cccc5ccccc45)cc3)cc2)cc1. The van der Waals surface area contributed by atoms with E-state index in [9.17, 15) is 0 Å². The molecule has 10 aromatic carbocycles. The Morgan fingerprint density at radius 2 is 0.542 bits per heavy atom. The van der Waals surface area contributed by atoms with E-state index < -0.39 is 0 Å². The predicted octanol–water partition coefficient (Wildman–Crippen LogP) is 16.3. The first-order valence-corrected chi connectivity index (χ1v) is 20.3. The Hall–Kier alpha value is -7.74. The van der Waals surface area contributed by atoms with Gasteiger partial charge in [0.2, 0.25) is 0 Å². The van der Waals surface area contributed by atoms with Gasteiger partial charge in [0.05, 0.1) is 0 Å². The number of rotatable bonds is 9. The van der Waals surface area contributed by atoms with Gasteiger partial charge in [0.15, 0.2) is 0 Å². The highest BCUT2D eigenvalue weighted by molar-refractivity contribution is 6.00. The van der Waals surface area contributed by atoms with Crippen molar-refractivity contribution in [3.63, 3.8) is 0 Å². The summed E-state index contributed by atoms with van der Waals surface area (Å²) in [5, 5.41) is 2.50. The lowest BCUT2D eigenvalue weighted by Gasteiger charge is -2.26. The standard InChI is InChI=1S/C58H41N/c1-4-16-42(17-5-1)43-30-36-49(37-31-43)59(50-38-32-47(33-39-50)53-27-14-23-45-22-10-11-24-52(45)53)51-40-34-48(35-41-51)56-29-15-28-55(46-20-8-3-9-21-46)58(56)57-26-13-12-25-54(57)44-18-6-2-7-19-44/h1-41H. The molecule has 278 valence electrons. The summed E-state index contributed by atoms with van der Waals surface area (Å²) < 4.78 is 0. The molecule has 0 atom stereocenters. The molecule has 0 unspecified atom stereocenters. The Morgan fingerprint density at radius 1 is 0.203 bits per heavy atom. The zero-order valence-corrected chi connectivity index (χ0v) is 32.6. The topological polar surface area (TPSA) is 3.24 Å². The average Bonchev–Trinajstić information content (AvgIpc) is 3.33. The van der Waals surface area contributed by atoms with Gasteiger partial charge in [-0.2, -0.15) is 0 Å². The number of benzene rings is 10. The van der Waals surface area contributed by atoms with Gasteiger partial charge in [-0.25, -0.2) is 0 Å². The fourth-order valence-corrected chi connectivity index (χ4v) is 8.45. The molecular weight excluding hydrogens is 711 g/mol. The van der Waals surface area contributed by atoms with Crippen molar-refractivity contribution in [1.82, 2.24) is 0 Å². The lowest BCUT2D eigenvalue weighted by Crippen LogP contribution is -2.09. The van der Waals surface area contributed by atoms with Crippen LogP contribution in [0.15, 0.2) is 249 Å². The summed E-state index contributed by atoms with van der Waals surface area (Å²) in [6, 6.07) is 89.7. The zero-order valence-electron chi connectivity index (χ0n) is 32.6. The highest BCUT2D eigenvalue weighted by atomic mass is 15.1. The van der Waals surface area contributed by atoms with Crippen LogP contribution in [0, 0.1) is 0 Å². The summed E-state index contributed by atoms with van der Waals surface area (Å²) >= 11 is 0. The van der Waals surface area contributed by atoms with Crippen molar-refractivity contribution in [3.8, 4) is 66.8 Å². The minimum absolute atomic E-state index is 1.09. The van der Waals surface area contributed by atoms with E-state index in [2.05, 4.69) is 254 Å². The number of hydrogen-bond acceptors (Lipinski definition) is 1. The second-order valence-electron chi connectivity index (χ2n) is 14.9. The van der Waals surface area contributed by atoms with E-state index in [1.807, 2.05) is 0 Å².